The van der Waals surface area contributed by atoms with Crippen molar-refractivity contribution in [2.75, 3.05) is 0 Å². The second-order valence-electron chi connectivity index (χ2n) is 7.20. The van der Waals surface area contributed by atoms with E-state index in [2.05, 4.69) is 35.1 Å². The molecule has 4 aromatic heterocycles. The largest absolute Gasteiger partial charge is 0.335 e. The first-order valence-corrected chi connectivity index (χ1v) is 9.72. The highest BCUT2D eigenvalue weighted by Crippen LogP contribution is 2.34. The molecule has 0 aliphatic rings. The summed E-state index contributed by atoms with van der Waals surface area (Å²) in [5.74, 6) is -0.412. The molecule has 0 amide bonds. The molecule has 4 heterocycles. The van der Waals surface area contributed by atoms with Gasteiger partial charge >= 0.3 is 0 Å². The van der Waals surface area contributed by atoms with E-state index >= 15 is 0 Å². The molecule has 0 spiro atoms. The molecule has 0 saturated carbocycles. The number of rotatable bonds is 3. The number of benzene rings is 2. The van der Waals surface area contributed by atoms with E-state index in [0.29, 0.717) is 50.3 Å². The Labute approximate surface area is 179 Å². The third-order valence-corrected chi connectivity index (χ3v) is 5.30. The zero-order valence-corrected chi connectivity index (χ0v) is 16.3. The standard InChI is InChI=1S/C23H13F2N7/c24-17-4-2-1-3-14(17)15-5-6-28-22-20(15)29-23(30-22)21-16-7-12(13-9-26-11-27-10-13)8-18(25)19(16)31-32-21/h1-11H,(H,31,32)(H,28,29,30). The second kappa shape index (κ2) is 7.02. The van der Waals surface area contributed by atoms with E-state index in [1.54, 1.807) is 48.9 Å². The highest BCUT2D eigenvalue weighted by molar-refractivity contribution is 5.97. The average molecular weight is 425 g/mol. The predicted octanol–water partition coefficient (Wildman–Crippen LogP) is 4.90. The van der Waals surface area contributed by atoms with Crippen LogP contribution in [0.4, 0.5) is 8.78 Å². The molecular formula is C23H13F2N7. The van der Waals surface area contributed by atoms with Gasteiger partial charge in [0.05, 0.1) is 5.52 Å². The van der Waals surface area contributed by atoms with Crippen LogP contribution >= 0.6 is 0 Å². The highest BCUT2D eigenvalue weighted by Gasteiger charge is 2.19. The molecule has 0 radical (unpaired) electrons. The van der Waals surface area contributed by atoms with Gasteiger partial charge in [-0.3, -0.25) is 5.10 Å². The Morgan fingerprint density at radius 2 is 1.69 bits per heavy atom. The van der Waals surface area contributed by atoms with E-state index in [9.17, 15) is 8.78 Å². The van der Waals surface area contributed by atoms with Gasteiger partial charge in [0.2, 0.25) is 0 Å². The lowest BCUT2D eigenvalue weighted by Gasteiger charge is -2.03. The van der Waals surface area contributed by atoms with Crippen molar-refractivity contribution < 1.29 is 8.78 Å². The molecule has 0 aliphatic heterocycles. The molecule has 0 fully saturated rings. The maximum Gasteiger partial charge on any atom is 0.178 e. The number of hydrogen-bond acceptors (Lipinski definition) is 5. The first-order valence-electron chi connectivity index (χ1n) is 9.72. The van der Waals surface area contributed by atoms with Gasteiger partial charge in [-0.2, -0.15) is 5.10 Å². The van der Waals surface area contributed by atoms with Gasteiger partial charge < -0.3 is 4.98 Å². The summed E-state index contributed by atoms with van der Waals surface area (Å²) < 4.78 is 29.2. The summed E-state index contributed by atoms with van der Waals surface area (Å²) in [7, 11) is 0. The van der Waals surface area contributed by atoms with Crippen LogP contribution in [-0.2, 0) is 0 Å². The van der Waals surface area contributed by atoms with E-state index in [1.165, 1.54) is 18.5 Å². The van der Waals surface area contributed by atoms with Gasteiger partial charge in [-0.15, -0.1) is 0 Å². The van der Waals surface area contributed by atoms with Crippen LogP contribution in [0, 0.1) is 11.6 Å². The molecular weight excluding hydrogens is 412 g/mol. The fourth-order valence-electron chi connectivity index (χ4n) is 3.80. The van der Waals surface area contributed by atoms with Crippen LogP contribution in [0.5, 0.6) is 0 Å². The minimum absolute atomic E-state index is 0.184. The van der Waals surface area contributed by atoms with Crippen molar-refractivity contribution in [3.05, 3.63) is 79.0 Å². The minimum atomic E-state index is -0.481. The number of H-pyrrole nitrogens is 2. The number of hydrogen-bond donors (Lipinski definition) is 2. The number of aromatic amines is 2. The number of aromatic nitrogens is 7. The van der Waals surface area contributed by atoms with Crippen LogP contribution in [0.15, 0.2) is 67.4 Å². The highest BCUT2D eigenvalue weighted by atomic mass is 19.1. The van der Waals surface area contributed by atoms with Crippen molar-refractivity contribution in [2.45, 2.75) is 0 Å². The molecule has 6 aromatic rings. The van der Waals surface area contributed by atoms with E-state index in [-0.39, 0.29) is 11.3 Å². The molecule has 0 atom stereocenters. The van der Waals surface area contributed by atoms with Crippen molar-refractivity contribution in [1.29, 1.82) is 0 Å². The van der Waals surface area contributed by atoms with Crippen molar-refractivity contribution in [3.63, 3.8) is 0 Å². The van der Waals surface area contributed by atoms with Crippen LogP contribution in [0.25, 0.3) is 55.8 Å². The predicted molar refractivity (Wildman–Crippen MR) is 115 cm³/mol. The Morgan fingerprint density at radius 3 is 2.53 bits per heavy atom. The molecule has 0 unspecified atom stereocenters. The number of fused-ring (bicyclic) bond motifs is 2. The van der Waals surface area contributed by atoms with E-state index in [4.69, 9.17) is 0 Å². The topological polar surface area (TPSA) is 96.0 Å². The van der Waals surface area contributed by atoms with E-state index < -0.39 is 5.82 Å². The second-order valence-corrected chi connectivity index (χ2v) is 7.20. The third kappa shape index (κ3) is 2.83. The molecule has 2 aromatic carbocycles. The number of pyridine rings is 1. The summed E-state index contributed by atoms with van der Waals surface area (Å²) >= 11 is 0. The molecule has 0 aliphatic carbocycles. The Balaban J connectivity index is 1.55. The Hall–Kier alpha value is -4.53. The molecule has 0 bridgehead atoms. The van der Waals surface area contributed by atoms with E-state index in [1.807, 2.05) is 0 Å². The average Bonchev–Trinajstić information content (AvgIpc) is 3.44. The summed E-state index contributed by atoms with van der Waals surface area (Å²) in [4.78, 5) is 20.0. The third-order valence-electron chi connectivity index (χ3n) is 5.30. The number of nitrogens with one attached hydrogen (secondary N) is 2. The fraction of sp³-hybridized carbons (Fsp3) is 0. The van der Waals surface area contributed by atoms with Crippen molar-refractivity contribution in [1.82, 2.24) is 35.1 Å². The lowest BCUT2D eigenvalue weighted by molar-refractivity contribution is 0.631. The molecule has 2 N–H and O–H groups in total. The monoisotopic (exact) mass is 425 g/mol. The molecule has 9 heteroatoms. The van der Waals surface area contributed by atoms with Gasteiger partial charge in [-0.1, -0.05) is 18.2 Å². The van der Waals surface area contributed by atoms with Gasteiger partial charge in [-0.05, 0) is 29.8 Å². The van der Waals surface area contributed by atoms with Gasteiger partial charge in [0.25, 0.3) is 0 Å². The summed E-state index contributed by atoms with van der Waals surface area (Å²) in [5.41, 5.74) is 4.01. The van der Waals surface area contributed by atoms with Crippen LogP contribution in [0.1, 0.15) is 0 Å². The first kappa shape index (κ1) is 18.3. The van der Waals surface area contributed by atoms with Gasteiger partial charge in [-0.25, -0.2) is 28.7 Å². The van der Waals surface area contributed by atoms with Gasteiger partial charge in [0, 0.05) is 40.7 Å². The van der Waals surface area contributed by atoms with Crippen molar-refractivity contribution >= 4 is 22.1 Å². The Bertz CT molecular complexity index is 1610. The molecule has 7 nitrogen and oxygen atoms in total. The van der Waals surface area contributed by atoms with Crippen LogP contribution in [-0.4, -0.2) is 35.1 Å². The number of imidazole rings is 1. The maximum atomic E-state index is 14.8. The minimum Gasteiger partial charge on any atom is -0.335 e. The first-order chi connectivity index (χ1) is 15.7. The number of halogens is 2. The van der Waals surface area contributed by atoms with Crippen LogP contribution in [0.3, 0.4) is 0 Å². The SMILES string of the molecule is Fc1ccccc1-c1ccnc2nc(-c3[nH]nc4c(F)cc(-c5cncnc5)cc34)[nH]c12. The maximum absolute atomic E-state index is 14.8. The van der Waals surface area contributed by atoms with Crippen molar-refractivity contribution in [3.8, 4) is 33.8 Å². The van der Waals surface area contributed by atoms with Crippen molar-refractivity contribution in [2.24, 2.45) is 0 Å². The quantitative estimate of drug-likeness (QED) is 0.420. The Kier molecular flexibility index (Phi) is 4.00. The normalized spacial score (nSPS) is 11.4. The van der Waals surface area contributed by atoms with Crippen LogP contribution in [0.2, 0.25) is 0 Å². The summed E-state index contributed by atoms with van der Waals surface area (Å²) in [5, 5.41) is 7.52. The van der Waals surface area contributed by atoms with Gasteiger partial charge in [0.1, 0.15) is 23.4 Å². The Morgan fingerprint density at radius 1 is 0.844 bits per heavy atom. The zero-order valence-electron chi connectivity index (χ0n) is 16.3. The molecule has 0 saturated heterocycles. The van der Waals surface area contributed by atoms with Gasteiger partial charge in [0.15, 0.2) is 17.3 Å². The number of nitrogens with zero attached hydrogens (tertiary/aromatic N) is 5. The van der Waals surface area contributed by atoms with Crippen LogP contribution < -0.4 is 0 Å². The summed E-state index contributed by atoms with van der Waals surface area (Å²) in [6.45, 7) is 0. The molecule has 154 valence electrons. The summed E-state index contributed by atoms with van der Waals surface area (Å²) in [6.07, 6.45) is 6.21. The molecule has 32 heavy (non-hydrogen) atoms. The summed E-state index contributed by atoms with van der Waals surface area (Å²) in [6, 6.07) is 11.4. The fourth-order valence-corrected chi connectivity index (χ4v) is 3.80. The lowest BCUT2D eigenvalue weighted by Crippen LogP contribution is -1.87. The lowest BCUT2D eigenvalue weighted by atomic mass is 10.1. The molecule has 6 rings (SSSR count). The zero-order chi connectivity index (χ0) is 21.7. The smallest absolute Gasteiger partial charge is 0.178 e. The van der Waals surface area contributed by atoms with E-state index in [0.717, 1.165) is 0 Å².